The fourth-order valence-corrected chi connectivity index (χ4v) is 2.40. The largest absolute Gasteiger partial charge is 0.352 e. The highest BCUT2D eigenvalue weighted by molar-refractivity contribution is 5.98. The molecule has 0 saturated heterocycles. The smallest absolute Gasteiger partial charge is 0.280 e. The van der Waals surface area contributed by atoms with E-state index in [2.05, 4.69) is 13.8 Å². The fourth-order valence-electron chi connectivity index (χ4n) is 2.40. The van der Waals surface area contributed by atoms with Crippen LogP contribution in [0, 0.1) is 0 Å². The average molecular weight is 291 g/mol. The molecule has 1 unspecified atom stereocenters. The molecule has 0 saturated carbocycles. The second kappa shape index (κ2) is 8.15. The van der Waals surface area contributed by atoms with Crippen molar-refractivity contribution in [3.8, 4) is 0 Å². The third-order valence-corrected chi connectivity index (χ3v) is 3.62. The van der Waals surface area contributed by atoms with Gasteiger partial charge >= 0.3 is 0 Å². The van der Waals surface area contributed by atoms with Gasteiger partial charge in [-0.2, -0.15) is 5.06 Å². The standard InChI is InChI=1S/C17H25NO3/c1-3-5-9-13-21-18-16(19)14-10-7-8-11-15(14)17(18)20-12-6-4-2/h7-8,10-11,17H,3-6,9,12-13H2,1-2H3. The summed E-state index contributed by atoms with van der Waals surface area (Å²) >= 11 is 0. The van der Waals surface area contributed by atoms with Crippen molar-refractivity contribution < 1.29 is 14.4 Å². The van der Waals surface area contributed by atoms with Gasteiger partial charge in [0.05, 0.1) is 6.61 Å². The first-order valence-electron chi connectivity index (χ1n) is 7.96. The summed E-state index contributed by atoms with van der Waals surface area (Å²) in [7, 11) is 0. The molecule has 0 spiro atoms. The maximum Gasteiger partial charge on any atom is 0.280 e. The molecule has 0 N–H and O–H groups in total. The van der Waals surface area contributed by atoms with E-state index in [1.165, 1.54) is 5.06 Å². The van der Waals surface area contributed by atoms with E-state index in [1.807, 2.05) is 24.3 Å². The van der Waals surface area contributed by atoms with Crippen molar-refractivity contribution in [2.24, 2.45) is 0 Å². The summed E-state index contributed by atoms with van der Waals surface area (Å²) in [5.74, 6) is -0.0939. The Bertz CT molecular complexity index is 461. The molecule has 1 heterocycles. The zero-order valence-electron chi connectivity index (χ0n) is 13.0. The Morgan fingerprint density at radius 2 is 1.81 bits per heavy atom. The number of ether oxygens (including phenoxy) is 1. The minimum Gasteiger partial charge on any atom is -0.352 e. The number of rotatable bonds is 9. The van der Waals surface area contributed by atoms with Crippen molar-refractivity contribution in [3.05, 3.63) is 35.4 Å². The number of hydrogen-bond acceptors (Lipinski definition) is 3. The summed E-state index contributed by atoms with van der Waals surface area (Å²) in [6, 6.07) is 7.59. The van der Waals surface area contributed by atoms with Crippen LogP contribution in [0.25, 0.3) is 0 Å². The summed E-state index contributed by atoms with van der Waals surface area (Å²) in [5.41, 5.74) is 1.60. The van der Waals surface area contributed by atoms with Gasteiger partial charge in [-0.05, 0) is 18.9 Å². The Kier molecular flexibility index (Phi) is 6.21. The molecule has 116 valence electrons. The minimum atomic E-state index is -0.401. The van der Waals surface area contributed by atoms with Crippen LogP contribution in [0.5, 0.6) is 0 Å². The number of fused-ring (bicyclic) bond motifs is 1. The summed E-state index contributed by atoms with van der Waals surface area (Å²) in [6.45, 7) is 5.46. The lowest BCUT2D eigenvalue weighted by molar-refractivity contribution is -0.216. The average Bonchev–Trinajstić information content (AvgIpc) is 2.77. The molecule has 1 amide bonds. The van der Waals surface area contributed by atoms with Crippen LogP contribution in [0.1, 0.15) is 68.1 Å². The SMILES string of the molecule is CCCCCON1C(=O)c2ccccc2C1OCCCC. The van der Waals surface area contributed by atoms with Crippen LogP contribution in [-0.2, 0) is 9.57 Å². The molecule has 4 heteroatoms. The first kappa shape index (κ1) is 16.0. The number of amides is 1. The Balaban J connectivity index is 2.04. The topological polar surface area (TPSA) is 38.8 Å². The van der Waals surface area contributed by atoms with Crippen LogP contribution in [-0.4, -0.2) is 24.2 Å². The molecule has 4 nitrogen and oxygen atoms in total. The van der Waals surface area contributed by atoms with Gasteiger partial charge in [0.25, 0.3) is 5.91 Å². The first-order chi connectivity index (χ1) is 10.3. The number of benzene rings is 1. The van der Waals surface area contributed by atoms with E-state index in [1.54, 1.807) is 0 Å². The number of hydrogen-bond donors (Lipinski definition) is 0. The van der Waals surface area contributed by atoms with E-state index in [4.69, 9.17) is 9.57 Å². The fraction of sp³-hybridized carbons (Fsp3) is 0.588. The van der Waals surface area contributed by atoms with Crippen molar-refractivity contribution in [1.29, 1.82) is 0 Å². The summed E-state index contributed by atoms with van der Waals surface area (Å²) < 4.78 is 5.89. The summed E-state index contributed by atoms with van der Waals surface area (Å²) in [6.07, 6.45) is 4.85. The number of carbonyl (C=O) groups is 1. The maximum atomic E-state index is 12.4. The molecule has 1 aromatic carbocycles. The van der Waals surface area contributed by atoms with Gasteiger partial charge in [0, 0.05) is 17.7 Å². The number of hydroxylamine groups is 2. The Hall–Kier alpha value is -1.39. The Labute approximate surface area is 127 Å². The third-order valence-electron chi connectivity index (χ3n) is 3.62. The van der Waals surface area contributed by atoms with E-state index in [9.17, 15) is 4.79 Å². The van der Waals surface area contributed by atoms with Gasteiger partial charge in [-0.3, -0.25) is 9.63 Å². The lowest BCUT2D eigenvalue weighted by Crippen LogP contribution is -2.30. The van der Waals surface area contributed by atoms with E-state index in [0.29, 0.717) is 18.8 Å². The lowest BCUT2D eigenvalue weighted by Gasteiger charge is -2.24. The number of carbonyl (C=O) groups excluding carboxylic acids is 1. The maximum absolute atomic E-state index is 12.4. The highest BCUT2D eigenvalue weighted by Gasteiger charge is 2.38. The van der Waals surface area contributed by atoms with Crippen molar-refractivity contribution in [1.82, 2.24) is 5.06 Å². The second-order valence-corrected chi connectivity index (χ2v) is 5.34. The van der Waals surface area contributed by atoms with Gasteiger partial charge in [0.2, 0.25) is 0 Å². The number of unbranched alkanes of at least 4 members (excludes halogenated alkanes) is 3. The molecule has 0 aliphatic carbocycles. The van der Waals surface area contributed by atoms with Crippen molar-refractivity contribution in [2.75, 3.05) is 13.2 Å². The third kappa shape index (κ3) is 3.83. The monoisotopic (exact) mass is 291 g/mol. The van der Waals surface area contributed by atoms with Crippen molar-refractivity contribution in [3.63, 3.8) is 0 Å². The Morgan fingerprint density at radius 3 is 2.57 bits per heavy atom. The van der Waals surface area contributed by atoms with Gasteiger partial charge in [-0.1, -0.05) is 51.3 Å². The first-order valence-corrected chi connectivity index (χ1v) is 7.96. The summed E-state index contributed by atoms with van der Waals surface area (Å²) in [5, 5.41) is 1.41. The number of nitrogens with zero attached hydrogens (tertiary/aromatic N) is 1. The van der Waals surface area contributed by atoms with Gasteiger partial charge in [0.15, 0.2) is 6.23 Å². The Morgan fingerprint density at radius 1 is 1.05 bits per heavy atom. The minimum absolute atomic E-state index is 0.0939. The van der Waals surface area contributed by atoms with Crippen molar-refractivity contribution in [2.45, 2.75) is 52.2 Å². The van der Waals surface area contributed by atoms with Crippen LogP contribution >= 0.6 is 0 Å². The lowest BCUT2D eigenvalue weighted by atomic mass is 10.1. The molecule has 1 aromatic rings. The van der Waals surface area contributed by atoms with Crippen LogP contribution in [0.3, 0.4) is 0 Å². The highest BCUT2D eigenvalue weighted by Crippen LogP contribution is 2.34. The molecule has 21 heavy (non-hydrogen) atoms. The van der Waals surface area contributed by atoms with Gasteiger partial charge in [-0.25, -0.2) is 0 Å². The van der Waals surface area contributed by atoms with Gasteiger partial charge in [-0.15, -0.1) is 0 Å². The zero-order chi connectivity index (χ0) is 15.1. The molecular weight excluding hydrogens is 266 g/mol. The normalized spacial score (nSPS) is 17.3. The summed E-state index contributed by atoms with van der Waals surface area (Å²) in [4.78, 5) is 18.1. The predicted molar refractivity (Wildman–Crippen MR) is 81.7 cm³/mol. The quantitative estimate of drug-likeness (QED) is 0.643. The van der Waals surface area contributed by atoms with Crippen molar-refractivity contribution >= 4 is 5.91 Å². The molecule has 0 radical (unpaired) electrons. The molecule has 1 atom stereocenters. The van der Waals surface area contributed by atoms with E-state index in [-0.39, 0.29) is 5.91 Å². The predicted octanol–water partition coefficient (Wildman–Crippen LogP) is 4.08. The second-order valence-electron chi connectivity index (χ2n) is 5.34. The van der Waals surface area contributed by atoms with E-state index in [0.717, 1.165) is 37.7 Å². The molecule has 0 aromatic heterocycles. The van der Waals surface area contributed by atoms with Crippen LogP contribution < -0.4 is 0 Å². The van der Waals surface area contributed by atoms with Crippen LogP contribution in [0.2, 0.25) is 0 Å². The molecule has 1 aliphatic heterocycles. The molecule has 0 bridgehead atoms. The molecule has 2 rings (SSSR count). The van der Waals surface area contributed by atoms with Crippen LogP contribution in [0.15, 0.2) is 24.3 Å². The van der Waals surface area contributed by atoms with Crippen LogP contribution in [0.4, 0.5) is 0 Å². The van der Waals surface area contributed by atoms with Gasteiger partial charge in [0.1, 0.15) is 0 Å². The van der Waals surface area contributed by atoms with Gasteiger partial charge < -0.3 is 4.74 Å². The van der Waals surface area contributed by atoms with E-state index >= 15 is 0 Å². The molecule has 1 aliphatic rings. The highest BCUT2D eigenvalue weighted by atomic mass is 16.7. The zero-order valence-corrected chi connectivity index (χ0v) is 13.0. The molecule has 0 fully saturated rings. The molecular formula is C17H25NO3. The van der Waals surface area contributed by atoms with E-state index < -0.39 is 6.23 Å².